The Balaban J connectivity index is 1.95. The number of benzene rings is 1. The largest absolute Gasteiger partial charge is 0.492 e. The molecule has 0 amide bonds. The van der Waals surface area contributed by atoms with E-state index in [1.54, 1.807) is 12.3 Å². The third-order valence-corrected chi connectivity index (χ3v) is 6.30. The van der Waals surface area contributed by atoms with Crippen LogP contribution in [0.2, 0.25) is 0 Å². The molecule has 8 nitrogen and oxygen atoms in total. The zero-order chi connectivity index (χ0) is 23.7. The molecular weight excluding hydrogens is 449 g/mol. The molecule has 172 valence electrons. The highest BCUT2D eigenvalue weighted by molar-refractivity contribution is 7.89. The number of nitrogens with zero attached hydrogens (tertiary/aromatic N) is 2. The van der Waals surface area contributed by atoms with E-state index in [9.17, 15) is 26.4 Å². The zero-order valence-electron chi connectivity index (χ0n) is 17.2. The zero-order valence-corrected chi connectivity index (χ0v) is 18.0. The second-order valence-electron chi connectivity index (χ2n) is 7.22. The van der Waals surface area contributed by atoms with Crippen molar-refractivity contribution in [1.29, 1.82) is 0 Å². The molecule has 0 radical (unpaired) electrons. The van der Waals surface area contributed by atoms with Crippen molar-refractivity contribution in [2.45, 2.75) is 30.8 Å². The number of nitrogens with two attached hydrogens (primary N) is 1. The maximum Gasteiger partial charge on any atom is 0.492 e. The van der Waals surface area contributed by atoms with Crippen LogP contribution in [-0.4, -0.2) is 48.1 Å². The van der Waals surface area contributed by atoms with Gasteiger partial charge in [0.1, 0.15) is 5.65 Å². The summed E-state index contributed by atoms with van der Waals surface area (Å²) in [5, 5.41) is 0.843. The summed E-state index contributed by atoms with van der Waals surface area (Å²) in [6, 6.07) is 9.20. The molecule has 12 heteroatoms. The Morgan fingerprint density at radius 1 is 1.22 bits per heavy atom. The Morgan fingerprint density at radius 2 is 1.88 bits per heavy atom. The van der Waals surface area contributed by atoms with Crippen LogP contribution in [0.1, 0.15) is 25.5 Å². The fraction of sp³-hybridized carbons (Fsp3) is 0.300. The molecule has 0 saturated carbocycles. The number of fused-ring (bicyclic) bond motifs is 1. The second kappa shape index (κ2) is 8.88. The Morgan fingerprint density at radius 3 is 2.44 bits per heavy atom. The number of pyridine rings is 1. The maximum absolute atomic E-state index is 12.7. The fourth-order valence-corrected chi connectivity index (χ4v) is 4.23. The van der Waals surface area contributed by atoms with Crippen LogP contribution in [0.3, 0.4) is 0 Å². The summed E-state index contributed by atoms with van der Waals surface area (Å²) in [6.07, 6.45) is -3.74. The highest BCUT2D eigenvalue weighted by Gasteiger charge is 2.44. The van der Waals surface area contributed by atoms with E-state index in [-0.39, 0.29) is 21.8 Å². The molecule has 0 bridgehead atoms. The SMILES string of the molecule is CC(C)c1cc2c(-c3ccc(S(=O)(=O)N(CCN)OC(=O)C(F)(F)F)cc3)ccnc2[nH]1. The van der Waals surface area contributed by atoms with Gasteiger partial charge in [-0.3, -0.25) is 0 Å². The number of hydrogen-bond acceptors (Lipinski definition) is 6. The molecule has 2 heterocycles. The van der Waals surface area contributed by atoms with Gasteiger partial charge < -0.3 is 15.6 Å². The smallest absolute Gasteiger partial charge is 0.345 e. The van der Waals surface area contributed by atoms with E-state index in [1.807, 2.05) is 19.9 Å². The first-order valence-corrected chi connectivity index (χ1v) is 11.0. The van der Waals surface area contributed by atoms with Gasteiger partial charge in [-0.2, -0.15) is 13.2 Å². The van der Waals surface area contributed by atoms with Crippen molar-refractivity contribution in [3.63, 3.8) is 0 Å². The van der Waals surface area contributed by atoms with Crippen molar-refractivity contribution in [3.05, 3.63) is 48.3 Å². The third-order valence-electron chi connectivity index (χ3n) is 4.63. The van der Waals surface area contributed by atoms with Crippen molar-refractivity contribution in [1.82, 2.24) is 14.4 Å². The van der Waals surface area contributed by atoms with Crippen LogP contribution in [-0.2, 0) is 19.7 Å². The number of alkyl halides is 3. The van der Waals surface area contributed by atoms with Gasteiger partial charge in [0, 0.05) is 23.8 Å². The van der Waals surface area contributed by atoms with Crippen molar-refractivity contribution < 1.29 is 31.2 Å². The summed E-state index contributed by atoms with van der Waals surface area (Å²) < 4.78 is 63.0. The highest BCUT2D eigenvalue weighted by Crippen LogP contribution is 2.31. The number of carbonyl (C=O) groups is 1. The van der Waals surface area contributed by atoms with Crippen LogP contribution < -0.4 is 5.73 Å². The normalized spacial score (nSPS) is 12.6. The van der Waals surface area contributed by atoms with E-state index >= 15 is 0 Å². The molecule has 2 aromatic heterocycles. The van der Waals surface area contributed by atoms with Gasteiger partial charge in [-0.15, -0.1) is 0 Å². The minimum absolute atomic E-state index is 0.0520. The van der Waals surface area contributed by atoms with Gasteiger partial charge in [0.25, 0.3) is 10.0 Å². The number of nitrogens with one attached hydrogen (secondary N) is 1. The number of aromatic amines is 1. The van der Waals surface area contributed by atoms with Gasteiger partial charge in [0.15, 0.2) is 0 Å². The lowest BCUT2D eigenvalue weighted by Gasteiger charge is -2.21. The summed E-state index contributed by atoms with van der Waals surface area (Å²) in [5.41, 5.74) is 8.41. The standard InChI is InChI=1S/C20H21F3N4O4S/c1-12(2)17-11-16-15(7-9-25-18(16)26-17)13-3-5-14(6-4-13)32(29,30)27(10-8-24)31-19(28)20(21,22)23/h3-7,9,11-12H,8,10,24H2,1-2H3,(H,25,26). The van der Waals surface area contributed by atoms with E-state index < -0.39 is 28.7 Å². The molecule has 0 aliphatic carbocycles. The number of hydrogen-bond donors (Lipinski definition) is 2. The summed E-state index contributed by atoms with van der Waals surface area (Å²) in [5.74, 6) is -2.41. The van der Waals surface area contributed by atoms with Crippen LogP contribution in [0.15, 0.2) is 47.5 Å². The topological polar surface area (TPSA) is 118 Å². The number of H-pyrrole nitrogens is 1. The second-order valence-corrected chi connectivity index (χ2v) is 9.05. The lowest BCUT2D eigenvalue weighted by molar-refractivity contribution is -0.222. The number of aromatic nitrogens is 2. The highest BCUT2D eigenvalue weighted by atomic mass is 32.2. The Labute approximate surface area is 182 Å². The predicted octanol–water partition coefficient (Wildman–Crippen LogP) is 3.32. The quantitative estimate of drug-likeness (QED) is 0.512. The monoisotopic (exact) mass is 470 g/mol. The third kappa shape index (κ3) is 4.76. The van der Waals surface area contributed by atoms with Crippen LogP contribution in [0.5, 0.6) is 0 Å². The molecule has 0 unspecified atom stereocenters. The van der Waals surface area contributed by atoms with Crippen molar-refractivity contribution in [3.8, 4) is 11.1 Å². The van der Waals surface area contributed by atoms with Gasteiger partial charge in [-0.05, 0) is 45.8 Å². The summed E-state index contributed by atoms with van der Waals surface area (Å²) >= 11 is 0. The van der Waals surface area contributed by atoms with E-state index in [1.165, 1.54) is 24.3 Å². The lowest BCUT2D eigenvalue weighted by Crippen LogP contribution is -2.41. The maximum atomic E-state index is 12.7. The number of halogens is 3. The van der Waals surface area contributed by atoms with E-state index in [4.69, 9.17) is 5.73 Å². The lowest BCUT2D eigenvalue weighted by atomic mass is 10.0. The molecule has 1 aromatic carbocycles. The molecule has 3 rings (SSSR count). The molecule has 0 fully saturated rings. The van der Waals surface area contributed by atoms with Crippen LogP contribution in [0.25, 0.3) is 22.2 Å². The first-order valence-electron chi connectivity index (χ1n) is 9.55. The van der Waals surface area contributed by atoms with Crippen LogP contribution >= 0.6 is 0 Å². The van der Waals surface area contributed by atoms with Crippen molar-refractivity contribution in [2.24, 2.45) is 5.73 Å². The Kier molecular flexibility index (Phi) is 6.58. The number of rotatable bonds is 7. The minimum atomic E-state index is -5.36. The number of carbonyl (C=O) groups excluding carboxylic acids is 1. The fourth-order valence-electron chi connectivity index (χ4n) is 3.00. The van der Waals surface area contributed by atoms with Crippen molar-refractivity contribution in [2.75, 3.05) is 13.1 Å². The van der Waals surface area contributed by atoms with Crippen molar-refractivity contribution >= 4 is 27.0 Å². The molecule has 0 spiro atoms. The molecule has 32 heavy (non-hydrogen) atoms. The van der Waals surface area contributed by atoms with Crippen LogP contribution in [0, 0.1) is 0 Å². The molecule has 0 saturated heterocycles. The van der Waals surface area contributed by atoms with Gasteiger partial charge >= 0.3 is 12.1 Å². The molecule has 0 atom stereocenters. The number of sulfonamides is 1. The summed E-state index contributed by atoms with van der Waals surface area (Å²) in [4.78, 5) is 22.4. The first kappa shape index (κ1) is 23.7. The molecule has 0 aliphatic heterocycles. The first-order chi connectivity index (χ1) is 14.9. The Bertz CT molecular complexity index is 1220. The van der Waals surface area contributed by atoms with Gasteiger partial charge in [-0.25, -0.2) is 18.2 Å². The summed E-state index contributed by atoms with van der Waals surface area (Å²) in [6.45, 7) is 3.06. The van der Waals surface area contributed by atoms with E-state index in [2.05, 4.69) is 14.8 Å². The Hall–Kier alpha value is -2.96. The molecule has 3 aromatic rings. The van der Waals surface area contributed by atoms with Crippen LogP contribution in [0.4, 0.5) is 13.2 Å². The molecular formula is C20H21F3N4O4S. The number of hydroxylamine groups is 1. The van der Waals surface area contributed by atoms with Gasteiger partial charge in [0.05, 0.1) is 11.4 Å². The predicted molar refractivity (Wildman–Crippen MR) is 111 cm³/mol. The van der Waals surface area contributed by atoms with Gasteiger partial charge in [-0.1, -0.05) is 26.0 Å². The minimum Gasteiger partial charge on any atom is -0.345 e. The average Bonchev–Trinajstić information content (AvgIpc) is 3.17. The molecule has 3 N–H and O–H groups in total. The van der Waals surface area contributed by atoms with E-state index in [0.717, 1.165) is 16.6 Å². The average molecular weight is 470 g/mol. The van der Waals surface area contributed by atoms with Gasteiger partial charge in [0.2, 0.25) is 0 Å². The van der Waals surface area contributed by atoms with E-state index in [0.29, 0.717) is 11.2 Å². The molecule has 0 aliphatic rings. The summed E-state index contributed by atoms with van der Waals surface area (Å²) in [7, 11) is -4.58.